The van der Waals surface area contributed by atoms with E-state index in [-0.39, 0.29) is 23.4 Å². The summed E-state index contributed by atoms with van der Waals surface area (Å²) >= 11 is 0. The van der Waals surface area contributed by atoms with Crippen molar-refractivity contribution in [1.29, 1.82) is 0 Å². The van der Waals surface area contributed by atoms with Crippen LogP contribution in [-0.2, 0) is 19.3 Å². The SMILES string of the molecule is C[C@H]1COCCN1c1cc(C2(S(=O)(=O)C3CCCCC3)CC2)nc(-c2ccc(NC(=O)NC3CCC3)cc2)n1. The maximum absolute atomic E-state index is 14.0. The minimum atomic E-state index is -3.38. The van der Waals surface area contributed by atoms with Crippen molar-refractivity contribution in [2.75, 3.05) is 30.0 Å². The average Bonchev–Trinajstić information content (AvgIpc) is 3.75. The summed E-state index contributed by atoms with van der Waals surface area (Å²) in [5.41, 5.74) is 2.09. The van der Waals surface area contributed by atoms with Gasteiger partial charge >= 0.3 is 6.03 Å². The van der Waals surface area contributed by atoms with Crippen LogP contribution >= 0.6 is 0 Å². The van der Waals surface area contributed by atoms with Gasteiger partial charge in [-0.05, 0) is 76.1 Å². The Morgan fingerprint density at radius 3 is 2.41 bits per heavy atom. The van der Waals surface area contributed by atoms with Crippen LogP contribution in [0.1, 0.15) is 76.8 Å². The van der Waals surface area contributed by atoms with Gasteiger partial charge < -0.3 is 20.3 Å². The molecule has 0 bridgehead atoms. The second-order valence-corrected chi connectivity index (χ2v) is 14.2. The van der Waals surface area contributed by atoms with Crippen LogP contribution < -0.4 is 15.5 Å². The maximum atomic E-state index is 14.0. The number of ether oxygens (including phenoxy) is 1. The van der Waals surface area contributed by atoms with Crippen LogP contribution in [0.3, 0.4) is 0 Å². The standard InChI is InChI=1S/C29H39N5O4S/c1-20-19-38-17-16-34(20)26-18-25(29(14-15-29)39(36,37)24-8-3-2-4-9-24)32-27(33-26)21-10-12-23(13-11-21)31-28(35)30-22-6-5-7-22/h10-13,18,20,22,24H,2-9,14-17,19H2,1H3,(H2,30,31,35)/t20-/m0/s1. The van der Waals surface area contributed by atoms with Gasteiger partial charge in [0.25, 0.3) is 0 Å². The summed E-state index contributed by atoms with van der Waals surface area (Å²) < 4.78 is 32.7. The van der Waals surface area contributed by atoms with Gasteiger partial charge in [-0.25, -0.2) is 23.2 Å². The van der Waals surface area contributed by atoms with Crippen LogP contribution in [0.5, 0.6) is 0 Å². The van der Waals surface area contributed by atoms with E-state index in [4.69, 9.17) is 14.7 Å². The molecule has 4 fully saturated rings. The summed E-state index contributed by atoms with van der Waals surface area (Å²) in [6.45, 7) is 4.00. The van der Waals surface area contributed by atoms with Crippen LogP contribution in [0.25, 0.3) is 11.4 Å². The molecule has 0 unspecified atom stereocenters. The molecule has 1 saturated heterocycles. The van der Waals surface area contributed by atoms with E-state index in [0.29, 0.717) is 49.8 Å². The number of sulfone groups is 1. The molecule has 2 N–H and O–H groups in total. The summed E-state index contributed by atoms with van der Waals surface area (Å²) in [6.07, 6.45) is 9.00. The third kappa shape index (κ3) is 5.25. The summed E-state index contributed by atoms with van der Waals surface area (Å²) in [5, 5.41) is 5.60. The molecule has 6 rings (SSSR count). The fourth-order valence-corrected chi connectivity index (χ4v) is 8.77. The van der Waals surface area contributed by atoms with Crippen molar-refractivity contribution in [3.8, 4) is 11.4 Å². The van der Waals surface area contributed by atoms with Crippen molar-refractivity contribution in [1.82, 2.24) is 15.3 Å². The van der Waals surface area contributed by atoms with Gasteiger partial charge in [-0.1, -0.05) is 19.3 Å². The first-order valence-corrected chi connectivity index (χ1v) is 16.1. The second kappa shape index (κ2) is 10.7. The van der Waals surface area contributed by atoms with Gasteiger partial charge in [-0.15, -0.1) is 0 Å². The third-order valence-corrected chi connectivity index (χ3v) is 12.0. The van der Waals surface area contributed by atoms with Gasteiger partial charge in [0, 0.05) is 29.9 Å². The Bertz CT molecular complexity index is 1300. The molecule has 3 saturated carbocycles. The van der Waals surface area contributed by atoms with Crippen molar-refractivity contribution in [3.63, 3.8) is 0 Å². The topological polar surface area (TPSA) is 114 Å². The zero-order valence-electron chi connectivity index (χ0n) is 22.7. The fraction of sp³-hybridized carbons (Fsp3) is 0.621. The minimum Gasteiger partial charge on any atom is -0.377 e. The Morgan fingerprint density at radius 1 is 1.03 bits per heavy atom. The highest BCUT2D eigenvalue weighted by Crippen LogP contribution is 2.55. The molecule has 3 aliphatic carbocycles. The Morgan fingerprint density at radius 2 is 1.77 bits per heavy atom. The van der Waals surface area contributed by atoms with Crippen molar-refractivity contribution in [2.24, 2.45) is 0 Å². The molecule has 10 heteroatoms. The number of rotatable bonds is 7. The summed E-state index contributed by atoms with van der Waals surface area (Å²) in [4.78, 5) is 24.3. The van der Waals surface area contributed by atoms with Gasteiger partial charge in [0.1, 0.15) is 10.6 Å². The lowest BCUT2D eigenvalue weighted by atomic mass is 9.93. The summed E-state index contributed by atoms with van der Waals surface area (Å²) in [5.74, 6) is 1.26. The van der Waals surface area contributed by atoms with Gasteiger partial charge in [0.15, 0.2) is 15.7 Å². The predicted molar refractivity (Wildman–Crippen MR) is 152 cm³/mol. The summed E-state index contributed by atoms with van der Waals surface area (Å²) in [7, 11) is -3.38. The molecule has 2 aromatic rings. The first kappa shape index (κ1) is 26.5. The number of carbonyl (C=O) groups is 1. The van der Waals surface area contributed by atoms with E-state index >= 15 is 0 Å². The van der Waals surface area contributed by atoms with Crippen LogP contribution in [0.15, 0.2) is 30.3 Å². The minimum absolute atomic E-state index is 0.125. The van der Waals surface area contributed by atoms with Gasteiger partial charge in [-0.2, -0.15) is 0 Å². The Labute approximate surface area is 231 Å². The van der Waals surface area contributed by atoms with E-state index in [1.807, 2.05) is 30.3 Å². The number of aromatic nitrogens is 2. The first-order chi connectivity index (χ1) is 18.9. The summed E-state index contributed by atoms with van der Waals surface area (Å²) in [6, 6.07) is 9.57. The molecule has 9 nitrogen and oxygen atoms in total. The zero-order valence-corrected chi connectivity index (χ0v) is 23.5. The molecule has 0 spiro atoms. The molecule has 210 valence electrons. The number of urea groups is 1. The number of anilines is 2. The molecular formula is C29H39N5O4S. The highest BCUT2D eigenvalue weighted by molar-refractivity contribution is 7.93. The quantitative estimate of drug-likeness (QED) is 0.507. The number of nitrogens with zero attached hydrogens (tertiary/aromatic N) is 3. The van der Waals surface area contributed by atoms with Gasteiger partial charge in [0.2, 0.25) is 0 Å². The lowest BCUT2D eigenvalue weighted by molar-refractivity contribution is 0.0985. The number of hydrogen-bond acceptors (Lipinski definition) is 7. The number of amides is 2. The Hall–Kier alpha value is -2.72. The predicted octanol–water partition coefficient (Wildman–Crippen LogP) is 4.78. The van der Waals surface area contributed by atoms with Gasteiger partial charge in [-0.3, -0.25) is 0 Å². The normalized spacial score (nSPS) is 23.6. The molecule has 2 amide bonds. The van der Waals surface area contributed by atoms with E-state index in [0.717, 1.165) is 62.7 Å². The molecule has 1 aliphatic heterocycles. The molecule has 1 atom stereocenters. The number of hydrogen-bond donors (Lipinski definition) is 2. The Balaban J connectivity index is 1.32. The highest BCUT2D eigenvalue weighted by Gasteiger charge is 2.59. The fourth-order valence-electron chi connectivity index (χ4n) is 6.11. The number of carbonyl (C=O) groups excluding carboxylic acids is 1. The molecule has 1 aromatic heterocycles. The van der Waals surface area contributed by atoms with E-state index < -0.39 is 14.6 Å². The zero-order chi connectivity index (χ0) is 27.0. The molecule has 4 aliphatic rings. The smallest absolute Gasteiger partial charge is 0.319 e. The number of morpholine rings is 1. The monoisotopic (exact) mass is 553 g/mol. The van der Waals surface area contributed by atoms with Crippen molar-refractivity contribution in [2.45, 2.75) is 93.2 Å². The molecule has 2 heterocycles. The largest absolute Gasteiger partial charge is 0.377 e. The van der Waals surface area contributed by atoms with E-state index in [9.17, 15) is 13.2 Å². The number of benzene rings is 1. The third-order valence-electron chi connectivity index (χ3n) is 8.92. The second-order valence-electron chi connectivity index (χ2n) is 11.7. The van der Waals surface area contributed by atoms with Crippen molar-refractivity contribution >= 4 is 27.4 Å². The number of nitrogens with one attached hydrogen (secondary N) is 2. The van der Waals surface area contributed by atoms with Crippen molar-refractivity contribution in [3.05, 3.63) is 36.0 Å². The Kier molecular flexibility index (Phi) is 7.26. The van der Waals surface area contributed by atoms with Crippen LogP contribution in [0.4, 0.5) is 16.3 Å². The maximum Gasteiger partial charge on any atom is 0.319 e. The molecule has 39 heavy (non-hydrogen) atoms. The van der Waals surface area contributed by atoms with Crippen LogP contribution in [0.2, 0.25) is 0 Å². The van der Waals surface area contributed by atoms with Crippen LogP contribution in [-0.4, -0.2) is 61.5 Å². The first-order valence-electron chi connectivity index (χ1n) is 14.5. The molecule has 0 radical (unpaired) electrons. The lowest BCUT2D eigenvalue weighted by Crippen LogP contribution is -2.44. The van der Waals surface area contributed by atoms with Crippen molar-refractivity contribution < 1.29 is 17.9 Å². The highest BCUT2D eigenvalue weighted by atomic mass is 32.2. The molecular weight excluding hydrogens is 514 g/mol. The van der Waals surface area contributed by atoms with Gasteiger partial charge in [0.05, 0.1) is 30.2 Å². The van der Waals surface area contributed by atoms with E-state index in [1.165, 1.54) is 0 Å². The van der Waals surface area contributed by atoms with E-state index in [2.05, 4.69) is 22.5 Å². The lowest BCUT2D eigenvalue weighted by Gasteiger charge is -2.35. The average molecular weight is 554 g/mol. The van der Waals surface area contributed by atoms with E-state index in [1.54, 1.807) is 0 Å². The van der Waals surface area contributed by atoms with Crippen LogP contribution in [0, 0.1) is 0 Å². The molecule has 1 aromatic carbocycles.